The Morgan fingerprint density at radius 1 is 1.42 bits per heavy atom. The lowest BCUT2D eigenvalue weighted by Crippen LogP contribution is -2.68. The minimum Gasteiger partial charge on any atom is -0.426 e. The van der Waals surface area contributed by atoms with E-state index in [4.69, 9.17) is 15.2 Å². The van der Waals surface area contributed by atoms with Crippen molar-refractivity contribution in [3.05, 3.63) is 23.4 Å². The van der Waals surface area contributed by atoms with Crippen LogP contribution < -0.4 is 5.73 Å². The lowest BCUT2D eigenvalue weighted by Gasteiger charge is -2.48. The number of carbonyl (C=O) groups is 3. The molecule has 2 aliphatic heterocycles. The molecule has 10 heteroatoms. The second kappa shape index (κ2) is 7.31. The van der Waals surface area contributed by atoms with Gasteiger partial charge in [-0.15, -0.1) is 11.8 Å². The average molecular weight is 362 g/mol. The monoisotopic (exact) mass is 362 g/mol. The zero-order chi connectivity index (χ0) is 18.0. The molecular weight excluding hydrogens is 346 g/mol. The first-order valence-electron chi connectivity index (χ1n) is 7.00. The summed E-state index contributed by atoms with van der Waals surface area (Å²) in [5.74, 6) is -1.87. The molecule has 3 atom stereocenters. The first-order valence-corrected chi connectivity index (χ1v) is 8.05. The number of hydrogen-bond donors (Lipinski definition) is 1. The van der Waals surface area contributed by atoms with Crippen molar-refractivity contribution in [1.29, 1.82) is 0 Å². The van der Waals surface area contributed by atoms with Gasteiger partial charge in [-0.05, 0) is 11.6 Å². The van der Waals surface area contributed by atoms with Crippen molar-refractivity contribution >= 4 is 29.6 Å². The van der Waals surface area contributed by atoms with E-state index in [1.54, 1.807) is 0 Å². The lowest BCUT2D eigenvalue weighted by molar-refractivity contribution is -0.182. The molecule has 0 aromatic carbocycles. The van der Waals surface area contributed by atoms with Crippen LogP contribution in [0.2, 0.25) is 0 Å². The molecule has 0 saturated carbocycles. The molecule has 0 aromatic rings. The number of fused-ring (bicyclic) bond motifs is 1. The summed E-state index contributed by atoms with van der Waals surface area (Å²) < 4.78 is 34.5. The highest BCUT2D eigenvalue weighted by Crippen LogP contribution is 2.40. The van der Waals surface area contributed by atoms with Gasteiger partial charge in [0.1, 0.15) is 17.1 Å². The topological polar surface area (TPSA) is 98.9 Å². The number of halogens is 2. The molecule has 0 bridgehead atoms. The van der Waals surface area contributed by atoms with Gasteiger partial charge in [-0.2, -0.15) is 0 Å². The third-order valence-corrected chi connectivity index (χ3v) is 4.60. The summed E-state index contributed by atoms with van der Waals surface area (Å²) in [6, 6.07) is -0.760. The SMILES string of the molecule is CC(=O)OC(C)OC(=O)C1=C(/C=C/C(F)F)CS[C@@H]2[C@H](N)C(=O)N12. The number of nitrogens with two attached hydrogens (primary N) is 1. The summed E-state index contributed by atoms with van der Waals surface area (Å²) in [5.41, 5.74) is 5.75. The highest BCUT2D eigenvalue weighted by Gasteiger charge is 2.52. The summed E-state index contributed by atoms with van der Waals surface area (Å²) in [6.45, 7) is 2.47. The van der Waals surface area contributed by atoms with Crippen LogP contribution in [-0.4, -0.2) is 52.6 Å². The van der Waals surface area contributed by atoms with Gasteiger partial charge in [0.2, 0.25) is 12.2 Å². The van der Waals surface area contributed by atoms with Gasteiger partial charge in [-0.25, -0.2) is 13.6 Å². The van der Waals surface area contributed by atoms with Gasteiger partial charge in [-0.1, -0.05) is 6.08 Å². The van der Waals surface area contributed by atoms with Crippen molar-refractivity contribution in [1.82, 2.24) is 4.90 Å². The van der Waals surface area contributed by atoms with Gasteiger partial charge in [-0.3, -0.25) is 14.5 Å². The number of hydrogen-bond acceptors (Lipinski definition) is 7. The summed E-state index contributed by atoms with van der Waals surface area (Å²) in [7, 11) is 0. The van der Waals surface area contributed by atoms with Crippen molar-refractivity contribution in [2.75, 3.05) is 5.75 Å². The third kappa shape index (κ3) is 3.75. The molecule has 1 amide bonds. The Hall–Kier alpha value is -1.94. The fourth-order valence-corrected chi connectivity index (χ4v) is 3.58. The predicted octanol–water partition coefficient (Wildman–Crippen LogP) is 0.756. The molecule has 0 radical (unpaired) electrons. The van der Waals surface area contributed by atoms with Gasteiger partial charge in [0, 0.05) is 19.6 Å². The Bertz CT molecular complexity index is 622. The molecule has 24 heavy (non-hydrogen) atoms. The van der Waals surface area contributed by atoms with E-state index in [0.29, 0.717) is 6.08 Å². The van der Waals surface area contributed by atoms with E-state index in [1.165, 1.54) is 18.7 Å². The Morgan fingerprint density at radius 3 is 2.67 bits per heavy atom. The van der Waals surface area contributed by atoms with Gasteiger partial charge >= 0.3 is 11.9 Å². The molecule has 2 heterocycles. The fraction of sp³-hybridized carbons (Fsp3) is 0.500. The van der Waals surface area contributed by atoms with E-state index < -0.39 is 42.0 Å². The van der Waals surface area contributed by atoms with E-state index in [-0.39, 0.29) is 17.0 Å². The zero-order valence-corrected chi connectivity index (χ0v) is 13.7. The number of ether oxygens (including phenoxy) is 2. The Balaban J connectivity index is 2.28. The Morgan fingerprint density at radius 2 is 2.08 bits per heavy atom. The molecule has 0 aromatic heterocycles. The van der Waals surface area contributed by atoms with Crippen LogP contribution in [0.1, 0.15) is 13.8 Å². The van der Waals surface area contributed by atoms with E-state index in [2.05, 4.69) is 0 Å². The fourth-order valence-electron chi connectivity index (χ4n) is 2.31. The Kier molecular flexibility index (Phi) is 5.60. The van der Waals surface area contributed by atoms with Crippen molar-refractivity contribution in [3.63, 3.8) is 0 Å². The molecule has 132 valence electrons. The number of thioether (sulfide) groups is 1. The highest BCUT2D eigenvalue weighted by molar-refractivity contribution is 8.00. The largest absolute Gasteiger partial charge is 0.426 e. The van der Waals surface area contributed by atoms with E-state index in [0.717, 1.165) is 17.9 Å². The van der Waals surface area contributed by atoms with Crippen LogP contribution in [-0.2, 0) is 23.9 Å². The average Bonchev–Trinajstić information content (AvgIpc) is 2.49. The van der Waals surface area contributed by atoms with E-state index in [1.807, 2.05) is 0 Å². The number of β-lactam (4-membered cyclic amide) rings is 1. The second-order valence-corrected chi connectivity index (χ2v) is 6.19. The number of allylic oxidation sites excluding steroid dienone is 2. The van der Waals surface area contributed by atoms with Crippen molar-refractivity contribution in [3.8, 4) is 0 Å². The van der Waals surface area contributed by atoms with Gasteiger partial charge in [0.05, 0.1) is 0 Å². The van der Waals surface area contributed by atoms with Crippen LogP contribution in [0, 0.1) is 0 Å². The van der Waals surface area contributed by atoms with Crippen LogP contribution in [0.5, 0.6) is 0 Å². The molecule has 2 rings (SSSR count). The standard InChI is InChI=1S/C14H16F2N2O5S/c1-6(19)22-7(2)23-14(21)11-8(3-4-9(15)16)5-24-13-10(17)12(20)18(11)13/h3-4,7,9-10,13H,5,17H2,1-2H3/b4-3+/t7?,10-,13-/m1/s1. The molecule has 0 aliphatic carbocycles. The highest BCUT2D eigenvalue weighted by atomic mass is 32.2. The number of nitrogens with zero attached hydrogens (tertiary/aromatic N) is 1. The number of esters is 2. The molecular formula is C14H16F2N2O5S. The van der Waals surface area contributed by atoms with Crippen LogP contribution in [0.4, 0.5) is 8.78 Å². The summed E-state index contributed by atoms with van der Waals surface area (Å²) in [6.07, 6.45) is -2.19. The van der Waals surface area contributed by atoms with Gasteiger partial charge in [0.15, 0.2) is 0 Å². The van der Waals surface area contributed by atoms with E-state index in [9.17, 15) is 23.2 Å². The van der Waals surface area contributed by atoms with Crippen LogP contribution >= 0.6 is 11.8 Å². The number of rotatable bonds is 5. The molecule has 1 unspecified atom stereocenters. The second-order valence-electron chi connectivity index (χ2n) is 5.09. The summed E-state index contributed by atoms with van der Waals surface area (Å²) in [4.78, 5) is 36.3. The number of carbonyl (C=O) groups excluding carboxylic acids is 3. The van der Waals surface area contributed by atoms with Crippen molar-refractivity contribution in [2.24, 2.45) is 5.73 Å². The predicted molar refractivity (Wildman–Crippen MR) is 80.6 cm³/mol. The first-order chi connectivity index (χ1) is 11.2. The van der Waals surface area contributed by atoms with Crippen molar-refractivity contribution < 1.29 is 32.6 Å². The molecule has 7 nitrogen and oxygen atoms in total. The Labute approximate surface area is 140 Å². The minimum absolute atomic E-state index is 0.152. The number of amides is 1. The maximum atomic E-state index is 12.4. The smallest absolute Gasteiger partial charge is 0.358 e. The van der Waals surface area contributed by atoms with Crippen LogP contribution in [0.25, 0.3) is 0 Å². The van der Waals surface area contributed by atoms with E-state index >= 15 is 0 Å². The van der Waals surface area contributed by atoms with Crippen LogP contribution in [0.3, 0.4) is 0 Å². The molecule has 2 N–H and O–H groups in total. The quantitative estimate of drug-likeness (QED) is 0.438. The lowest BCUT2D eigenvalue weighted by atomic mass is 10.0. The normalized spacial score (nSPS) is 24.8. The molecule has 1 fully saturated rings. The van der Waals surface area contributed by atoms with Crippen LogP contribution in [0.15, 0.2) is 23.4 Å². The number of alkyl halides is 2. The van der Waals surface area contributed by atoms with Crippen molar-refractivity contribution in [2.45, 2.75) is 38.0 Å². The molecule has 1 saturated heterocycles. The maximum Gasteiger partial charge on any atom is 0.358 e. The third-order valence-electron chi connectivity index (χ3n) is 3.28. The molecule has 2 aliphatic rings. The zero-order valence-electron chi connectivity index (χ0n) is 12.9. The summed E-state index contributed by atoms with van der Waals surface area (Å²) >= 11 is 1.27. The van der Waals surface area contributed by atoms with Gasteiger partial charge < -0.3 is 15.2 Å². The minimum atomic E-state index is -2.70. The molecule has 0 spiro atoms. The summed E-state index contributed by atoms with van der Waals surface area (Å²) in [5, 5.41) is -0.451. The maximum absolute atomic E-state index is 12.4. The van der Waals surface area contributed by atoms with Gasteiger partial charge in [0.25, 0.3) is 6.43 Å². The first kappa shape index (κ1) is 18.4.